The van der Waals surface area contributed by atoms with Crippen LogP contribution in [0.3, 0.4) is 0 Å². The molecule has 2 N–H and O–H groups in total. The highest BCUT2D eigenvalue weighted by atomic mass is 16.6. The van der Waals surface area contributed by atoms with Gasteiger partial charge in [-0.05, 0) is 28.7 Å². The van der Waals surface area contributed by atoms with E-state index in [1.807, 2.05) is 121 Å². The fraction of sp³-hybridized carbons (Fsp3) is 0.229. The Morgan fingerprint density at radius 2 is 1.25 bits per heavy atom. The molecule has 5 rings (SSSR count). The summed E-state index contributed by atoms with van der Waals surface area (Å²) < 4.78 is 16.9. The molecule has 1 heterocycles. The first-order chi connectivity index (χ1) is 21.5. The van der Waals surface area contributed by atoms with Gasteiger partial charge in [0.05, 0.1) is 6.10 Å². The normalized spacial score (nSPS) is 18.5. The van der Waals surface area contributed by atoms with Crippen molar-refractivity contribution in [3.8, 4) is 0 Å². The Morgan fingerprint density at radius 3 is 1.82 bits per heavy atom. The molecule has 1 aliphatic heterocycles. The highest BCUT2D eigenvalue weighted by Crippen LogP contribution is 2.43. The van der Waals surface area contributed by atoms with Gasteiger partial charge in [0.2, 0.25) is 0 Å². The van der Waals surface area contributed by atoms with Crippen LogP contribution in [0.15, 0.2) is 121 Å². The van der Waals surface area contributed by atoms with E-state index in [4.69, 9.17) is 14.2 Å². The van der Waals surface area contributed by atoms with Gasteiger partial charge in [-0.15, -0.1) is 0 Å². The van der Waals surface area contributed by atoms with Gasteiger partial charge in [0.25, 0.3) is 0 Å². The summed E-state index contributed by atoms with van der Waals surface area (Å²) in [5.41, 5.74) is 2.99. The van der Waals surface area contributed by atoms with Crippen molar-refractivity contribution in [1.29, 1.82) is 0 Å². The Labute approximate surface area is 256 Å². The monoisotopic (exact) mass is 594 g/mol. The van der Waals surface area contributed by atoms with E-state index in [2.05, 4.69) is 5.32 Å². The summed E-state index contributed by atoms with van der Waals surface area (Å²) in [7, 11) is 0. The lowest BCUT2D eigenvalue weighted by atomic mass is 9.89. The molecule has 0 radical (unpaired) electrons. The third kappa shape index (κ3) is 7.62. The molecule has 0 bridgehead atoms. The zero-order chi connectivity index (χ0) is 30.7. The van der Waals surface area contributed by atoms with E-state index < -0.39 is 42.4 Å². The second-order valence-corrected chi connectivity index (χ2v) is 10.4. The number of alkyl carbamates (subject to hydrolysis) is 1. The van der Waals surface area contributed by atoms with Crippen molar-refractivity contribution < 1.29 is 33.7 Å². The second kappa shape index (κ2) is 14.8. The summed E-state index contributed by atoms with van der Waals surface area (Å²) in [5, 5.41) is 13.9. The maximum atomic E-state index is 13.9. The minimum Gasteiger partial charge on any atom is -0.453 e. The minimum atomic E-state index is -1.40. The highest BCUT2D eigenvalue weighted by Gasteiger charge is 2.51. The Balaban J connectivity index is 1.37. The number of benzene rings is 4. The molecule has 0 spiro atoms. The number of aliphatic hydroxyl groups is 1. The van der Waals surface area contributed by atoms with Gasteiger partial charge < -0.3 is 24.6 Å². The quantitative estimate of drug-likeness (QED) is 0.179. The van der Waals surface area contributed by atoms with E-state index in [9.17, 15) is 19.5 Å². The van der Waals surface area contributed by atoms with Gasteiger partial charge >= 0.3 is 18.2 Å². The predicted octanol–water partition coefficient (Wildman–Crippen LogP) is 5.71. The van der Waals surface area contributed by atoms with Crippen LogP contribution in [0.4, 0.5) is 9.59 Å². The molecule has 44 heavy (non-hydrogen) atoms. The van der Waals surface area contributed by atoms with E-state index in [1.54, 1.807) is 0 Å². The Hall–Kier alpha value is -5.15. The number of esters is 1. The van der Waals surface area contributed by atoms with Crippen molar-refractivity contribution in [3.63, 3.8) is 0 Å². The van der Waals surface area contributed by atoms with Gasteiger partial charge in [-0.3, -0.25) is 4.90 Å². The number of amides is 2. The smallest absolute Gasteiger partial charge is 0.411 e. The lowest BCUT2D eigenvalue weighted by Gasteiger charge is -2.45. The van der Waals surface area contributed by atoms with E-state index in [0.717, 1.165) is 11.1 Å². The van der Waals surface area contributed by atoms with E-state index in [1.165, 1.54) is 4.90 Å². The standard InChI is InChI=1S/C35H34N2O7/c38-29(21-22-36-34(40)42-23-25-13-5-1-6-14-25)31-33(39)44-32(28-19-11-4-12-20-28)30(27-17-9-3-10-18-27)37(31)35(41)43-24-26-15-7-2-8-16-26/h1-20,29-32,38H,21-24H2,(H,36,40)/t29-,30-,31-,32+/m0/s1. The average molecular weight is 595 g/mol. The largest absolute Gasteiger partial charge is 0.453 e. The van der Waals surface area contributed by atoms with Gasteiger partial charge in [-0.1, -0.05) is 121 Å². The van der Waals surface area contributed by atoms with Gasteiger partial charge in [0.15, 0.2) is 12.1 Å². The van der Waals surface area contributed by atoms with Crippen LogP contribution in [0, 0.1) is 0 Å². The Morgan fingerprint density at radius 1 is 0.750 bits per heavy atom. The number of hydrogen-bond donors (Lipinski definition) is 2. The van der Waals surface area contributed by atoms with Crippen LogP contribution in [0.5, 0.6) is 0 Å². The minimum absolute atomic E-state index is 0.0103. The molecule has 9 nitrogen and oxygen atoms in total. The van der Waals surface area contributed by atoms with Crippen molar-refractivity contribution in [2.45, 2.75) is 43.9 Å². The molecular formula is C35H34N2O7. The van der Waals surface area contributed by atoms with Gasteiger partial charge in [0.1, 0.15) is 19.3 Å². The molecule has 2 amide bonds. The fourth-order valence-corrected chi connectivity index (χ4v) is 5.19. The molecule has 0 aromatic heterocycles. The summed E-state index contributed by atoms with van der Waals surface area (Å²) in [4.78, 5) is 41.0. The summed E-state index contributed by atoms with van der Waals surface area (Å²) in [6, 6.07) is 34.6. The molecule has 1 saturated heterocycles. The van der Waals surface area contributed by atoms with Crippen molar-refractivity contribution >= 4 is 18.2 Å². The molecule has 1 fully saturated rings. The predicted molar refractivity (Wildman–Crippen MR) is 162 cm³/mol. The number of morpholine rings is 1. The van der Waals surface area contributed by atoms with Gasteiger partial charge in [-0.25, -0.2) is 14.4 Å². The number of hydrogen-bond acceptors (Lipinski definition) is 7. The van der Waals surface area contributed by atoms with Crippen LogP contribution in [0.25, 0.3) is 0 Å². The summed E-state index contributed by atoms with van der Waals surface area (Å²) in [6.45, 7) is 0.0504. The first kappa shape index (κ1) is 30.3. The SMILES string of the molecule is O=C(NCC[C@H](O)[C@H]1C(=O)O[C@H](c2ccccc2)[C@H](c2ccccc2)N1C(=O)OCc1ccccc1)OCc1ccccc1. The molecule has 1 aliphatic rings. The zero-order valence-electron chi connectivity index (χ0n) is 24.0. The summed E-state index contributed by atoms with van der Waals surface area (Å²) in [6.07, 6.45) is -3.74. The molecular weight excluding hydrogens is 560 g/mol. The number of carbonyl (C=O) groups is 3. The lowest BCUT2D eigenvalue weighted by Crippen LogP contribution is -2.59. The van der Waals surface area contributed by atoms with E-state index in [0.29, 0.717) is 11.1 Å². The first-order valence-electron chi connectivity index (χ1n) is 14.4. The highest BCUT2D eigenvalue weighted by molar-refractivity contribution is 5.84. The van der Waals surface area contributed by atoms with Gasteiger partial charge in [-0.2, -0.15) is 0 Å². The first-order valence-corrected chi connectivity index (χ1v) is 14.4. The second-order valence-electron chi connectivity index (χ2n) is 10.4. The van der Waals surface area contributed by atoms with Crippen LogP contribution < -0.4 is 5.32 Å². The average Bonchev–Trinajstić information content (AvgIpc) is 3.07. The van der Waals surface area contributed by atoms with Crippen LogP contribution in [-0.4, -0.2) is 46.9 Å². The number of nitrogens with zero attached hydrogens (tertiary/aromatic N) is 1. The molecule has 4 aromatic carbocycles. The molecule has 0 unspecified atom stereocenters. The number of rotatable bonds is 10. The van der Waals surface area contributed by atoms with Crippen LogP contribution >= 0.6 is 0 Å². The third-order valence-electron chi connectivity index (χ3n) is 7.34. The topological polar surface area (TPSA) is 114 Å². The van der Waals surface area contributed by atoms with Crippen LogP contribution in [0.1, 0.15) is 40.8 Å². The van der Waals surface area contributed by atoms with Crippen molar-refractivity contribution in [2.24, 2.45) is 0 Å². The molecule has 9 heteroatoms. The van der Waals surface area contributed by atoms with Crippen LogP contribution in [-0.2, 0) is 32.2 Å². The lowest BCUT2D eigenvalue weighted by molar-refractivity contribution is -0.180. The Kier molecular flexibility index (Phi) is 10.2. The van der Waals surface area contributed by atoms with E-state index in [-0.39, 0.29) is 26.2 Å². The van der Waals surface area contributed by atoms with Crippen molar-refractivity contribution in [1.82, 2.24) is 10.2 Å². The van der Waals surface area contributed by atoms with E-state index >= 15 is 0 Å². The third-order valence-corrected chi connectivity index (χ3v) is 7.34. The summed E-state index contributed by atoms with van der Waals surface area (Å²) >= 11 is 0. The maximum absolute atomic E-state index is 13.9. The van der Waals surface area contributed by atoms with Gasteiger partial charge in [0, 0.05) is 6.54 Å². The molecule has 4 atom stereocenters. The number of ether oxygens (including phenoxy) is 3. The maximum Gasteiger partial charge on any atom is 0.411 e. The van der Waals surface area contributed by atoms with Crippen LogP contribution in [0.2, 0.25) is 0 Å². The zero-order valence-corrected chi connectivity index (χ0v) is 24.0. The molecule has 226 valence electrons. The number of cyclic esters (lactones) is 1. The van der Waals surface area contributed by atoms with Crippen molar-refractivity contribution in [3.05, 3.63) is 144 Å². The number of aliphatic hydroxyl groups excluding tert-OH is 1. The van der Waals surface area contributed by atoms with Crippen molar-refractivity contribution in [2.75, 3.05) is 6.54 Å². The molecule has 4 aromatic rings. The molecule has 0 aliphatic carbocycles. The summed E-state index contributed by atoms with van der Waals surface area (Å²) in [5.74, 6) is -0.776. The number of carbonyl (C=O) groups excluding carboxylic acids is 3. The number of nitrogens with one attached hydrogen (secondary N) is 1. The molecule has 0 saturated carbocycles. The fourth-order valence-electron chi connectivity index (χ4n) is 5.19. The Bertz CT molecular complexity index is 1500.